The maximum Gasteiger partial charge on any atom is 0.342 e. The zero-order valence-electron chi connectivity index (χ0n) is 15.2. The van der Waals surface area contributed by atoms with Crippen molar-refractivity contribution in [1.82, 2.24) is 14.5 Å². The molecule has 0 aliphatic carbocycles. The van der Waals surface area contributed by atoms with E-state index in [1.54, 1.807) is 6.92 Å². The van der Waals surface area contributed by atoms with Gasteiger partial charge in [0, 0.05) is 13.1 Å². The van der Waals surface area contributed by atoms with Crippen LogP contribution in [0.4, 0.5) is 5.69 Å². The van der Waals surface area contributed by atoms with E-state index in [2.05, 4.69) is 33.7 Å². The van der Waals surface area contributed by atoms with E-state index >= 15 is 0 Å². The number of hydrogen-bond acceptors (Lipinski definition) is 5. The number of esters is 1. The number of imidazole rings is 1. The molecule has 24 heavy (non-hydrogen) atoms. The van der Waals surface area contributed by atoms with Crippen molar-refractivity contribution in [2.24, 2.45) is 0 Å². The molecular weight excluding hydrogens is 308 g/mol. The normalized spacial score (nSPS) is 10.5. The summed E-state index contributed by atoms with van der Waals surface area (Å²) < 4.78 is 7.27. The zero-order chi connectivity index (χ0) is 17.0. The Morgan fingerprint density at radius 3 is 2.50 bits per heavy atom. The Kier molecular flexibility index (Phi) is 7.16. The summed E-state index contributed by atoms with van der Waals surface area (Å²) in [7, 11) is 0. The standard InChI is InChI=1S/C17H26N4O2.H2O/c1-6-9-10-18-14-13(17(22)23-8-3)11(4)19-16-15(14)20-12(5)21(16)7-2;/h6-10H2,1-5H3,(H,18,19);1H2. The Balaban J connectivity index is 0.00000288. The lowest BCUT2D eigenvalue weighted by Gasteiger charge is -2.14. The fraction of sp³-hybridized carbons (Fsp3) is 0.588. The fourth-order valence-corrected chi connectivity index (χ4v) is 2.74. The number of carbonyl (C=O) groups is 1. The van der Waals surface area contributed by atoms with E-state index in [-0.39, 0.29) is 11.4 Å². The topological polar surface area (TPSA) is 101 Å². The van der Waals surface area contributed by atoms with Crippen LogP contribution in [0.3, 0.4) is 0 Å². The lowest BCUT2D eigenvalue weighted by molar-refractivity contribution is 0.0526. The molecule has 2 aromatic heterocycles. The molecule has 2 aromatic rings. The molecular formula is C17H28N4O3. The van der Waals surface area contributed by atoms with Gasteiger partial charge in [-0.1, -0.05) is 13.3 Å². The summed E-state index contributed by atoms with van der Waals surface area (Å²) >= 11 is 0. The lowest BCUT2D eigenvalue weighted by atomic mass is 10.1. The molecule has 0 atom stereocenters. The number of anilines is 1. The smallest absolute Gasteiger partial charge is 0.342 e. The molecule has 3 N–H and O–H groups in total. The maximum atomic E-state index is 12.4. The van der Waals surface area contributed by atoms with Crippen LogP contribution in [0.15, 0.2) is 0 Å². The van der Waals surface area contributed by atoms with Gasteiger partial charge in [0.2, 0.25) is 0 Å². The van der Waals surface area contributed by atoms with E-state index < -0.39 is 0 Å². The highest BCUT2D eigenvalue weighted by molar-refractivity contribution is 6.04. The third-order valence-corrected chi connectivity index (χ3v) is 3.88. The second kappa shape index (κ2) is 8.63. The van der Waals surface area contributed by atoms with Crippen LogP contribution in [0.2, 0.25) is 0 Å². The van der Waals surface area contributed by atoms with E-state index in [4.69, 9.17) is 4.74 Å². The maximum absolute atomic E-state index is 12.4. The second-order valence-electron chi connectivity index (χ2n) is 5.52. The van der Waals surface area contributed by atoms with Crippen LogP contribution in [-0.4, -0.2) is 39.1 Å². The SMILES string of the molecule is CCCCNc1c(C(=O)OCC)c(C)nc2c1nc(C)n2CC.O. The van der Waals surface area contributed by atoms with Crippen LogP contribution in [0.25, 0.3) is 11.2 Å². The molecule has 0 radical (unpaired) electrons. The minimum atomic E-state index is -0.345. The van der Waals surface area contributed by atoms with Crippen LogP contribution in [0.5, 0.6) is 0 Å². The van der Waals surface area contributed by atoms with Crippen LogP contribution in [-0.2, 0) is 11.3 Å². The van der Waals surface area contributed by atoms with Crippen molar-refractivity contribution in [3.05, 3.63) is 17.1 Å². The fourth-order valence-electron chi connectivity index (χ4n) is 2.74. The number of nitrogens with one attached hydrogen (secondary N) is 1. The predicted octanol–water partition coefficient (Wildman–Crippen LogP) is 2.63. The van der Waals surface area contributed by atoms with Crippen LogP contribution in [0.1, 0.15) is 55.5 Å². The van der Waals surface area contributed by atoms with Crippen molar-refractivity contribution in [3.63, 3.8) is 0 Å². The van der Waals surface area contributed by atoms with Gasteiger partial charge in [-0.05, 0) is 34.1 Å². The molecule has 0 amide bonds. The Morgan fingerprint density at radius 1 is 1.21 bits per heavy atom. The molecule has 0 aliphatic rings. The molecule has 0 spiro atoms. The van der Waals surface area contributed by atoms with Gasteiger partial charge in [0.15, 0.2) is 5.65 Å². The van der Waals surface area contributed by atoms with Crippen molar-refractivity contribution in [1.29, 1.82) is 0 Å². The number of aromatic nitrogens is 3. The van der Waals surface area contributed by atoms with Gasteiger partial charge in [0.25, 0.3) is 0 Å². The van der Waals surface area contributed by atoms with Crippen molar-refractivity contribution in [2.45, 2.75) is 54.0 Å². The number of carbonyl (C=O) groups excluding carboxylic acids is 1. The minimum absolute atomic E-state index is 0. The average Bonchev–Trinajstić information content (AvgIpc) is 2.82. The predicted molar refractivity (Wildman–Crippen MR) is 95.6 cm³/mol. The third kappa shape index (κ3) is 3.67. The molecule has 0 saturated heterocycles. The van der Waals surface area contributed by atoms with E-state index in [1.165, 1.54) is 0 Å². The van der Waals surface area contributed by atoms with Gasteiger partial charge in [-0.2, -0.15) is 0 Å². The Morgan fingerprint density at radius 2 is 1.92 bits per heavy atom. The molecule has 0 fully saturated rings. The molecule has 7 heteroatoms. The Labute approximate surface area is 142 Å². The summed E-state index contributed by atoms with van der Waals surface area (Å²) in [5.74, 6) is 0.552. The van der Waals surface area contributed by atoms with Gasteiger partial charge < -0.3 is 20.1 Å². The zero-order valence-corrected chi connectivity index (χ0v) is 15.2. The first-order chi connectivity index (χ1) is 11.0. The van der Waals surface area contributed by atoms with Crippen molar-refractivity contribution < 1.29 is 15.0 Å². The van der Waals surface area contributed by atoms with E-state index in [0.29, 0.717) is 17.9 Å². The van der Waals surface area contributed by atoms with Crippen molar-refractivity contribution in [3.8, 4) is 0 Å². The summed E-state index contributed by atoms with van der Waals surface area (Å²) in [5, 5.41) is 3.39. The Bertz CT molecular complexity index is 710. The summed E-state index contributed by atoms with van der Waals surface area (Å²) in [4.78, 5) is 21.6. The van der Waals surface area contributed by atoms with Crippen LogP contribution in [0, 0.1) is 13.8 Å². The van der Waals surface area contributed by atoms with Crippen molar-refractivity contribution >= 4 is 22.8 Å². The first kappa shape index (κ1) is 19.9. The summed E-state index contributed by atoms with van der Waals surface area (Å²) in [6.07, 6.45) is 2.11. The number of unbranched alkanes of at least 4 members (excludes halogenated alkanes) is 1. The van der Waals surface area contributed by atoms with E-state index in [0.717, 1.165) is 48.6 Å². The minimum Gasteiger partial charge on any atom is -0.462 e. The van der Waals surface area contributed by atoms with Gasteiger partial charge in [0.05, 0.1) is 18.0 Å². The number of hydrogen-bond donors (Lipinski definition) is 1. The molecule has 134 valence electrons. The van der Waals surface area contributed by atoms with Gasteiger partial charge in [-0.25, -0.2) is 14.8 Å². The highest BCUT2D eigenvalue weighted by Crippen LogP contribution is 2.29. The first-order valence-corrected chi connectivity index (χ1v) is 8.33. The highest BCUT2D eigenvalue weighted by atomic mass is 16.5. The van der Waals surface area contributed by atoms with Gasteiger partial charge in [-0.3, -0.25) is 0 Å². The largest absolute Gasteiger partial charge is 0.462 e. The molecule has 2 rings (SSSR count). The van der Waals surface area contributed by atoms with E-state index in [9.17, 15) is 4.79 Å². The van der Waals surface area contributed by atoms with Gasteiger partial charge >= 0.3 is 5.97 Å². The number of rotatable bonds is 7. The Hall–Kier alpha value is -2.15. The second-order valence-corrected chi connectivity index (χ2v) is 5.52. The van der Waals surface area contributed by atoms with Gasteiger partial charge in [0.1, 0.15) is 16.9 Å². The van der Waals surface area contributed by atoms with Crippen molar-refractivity contribution in [2.75, 3.05) is 18.5 Å². The average molecular weight is 336 g/mol. The number of pyridine rings is 1. The monoisotopic (exact) mass is 336 g/mol. The molecule has 0 unspecified atom stereocenters. The number of fused-ring (bicyclic) bond motifs is 1. The van der Waals surface area contributed by atoms with Crippen LogP contribution >= 0.6 is 0 Å². The third-order valence-electron chi connectivity index (χ3n) is 3.88. The first-order valence-electron chi connectivity index (χ1n) is 8.33. The summed E-state index contributed by atoms with van der Waals surface area (Å²) in [5.41, 5.74) is 3.47. The number of nitrogens with zero attached hydrogens (tertiary/aromatic N) is 3. The molecule has 7 nitrogen and oxygen atoms in total. The molecule has 0 saturated carbocycles. The lowest BCUT2D eigenvalue weighted by Crippen LogP contribution is -2.14. The molecule has 2 heterocycles. The summed E-state index contributed by atoms with van der Waals surface area (Å²) in [6.45, 7) is 11.7. The van der Waals surface area contributed by atoms with Crippen LogP contribution < -0.4 is 5.32 Å². The molecule has 0 bridgehead atoms. The van der Waals surface area contributed by atoms with Gasteiger partial charge in [-0.15, -0.1) is 0 Å². The summed E-state index contributed by atoms with van der Waals surface area (Å²) in [6, 6.07) is 0. The molecule has 0 aromatic carbocycles. The quantitative estimate of drug-likeness (QED) is 0.619. The number of aryl methyl sites for hydroxylation is 3. The number of ether oxygens (including phenoxy) is 1. The highest BCUT2D eigenvalue weighted by Gasteiger charge is 2.23. The van der Waals surface area contributed by atoms with E-state index in [1.807, 2.05) is 13.8 Å². The molecule has 0 aliphatic heterocycles.